The summed E-state index contributed by atoms with van der Waals surface area (Å²) in [5.41, 5.74) is 1.68. The van der Waals surface area contributed by atoms with E-state index in [9.17, 15) is 0 Å². The largest absolute Gasteiger partial charge is 1.00 e. The third-order valence-corrected chi connectivity index (χ3v) is 1.47. The Morgan fingerprint density at radius 3 is 2.75 bits per heavy atom. The average molecular weight is 181 g/mol. The van der Waals surface area contributed by atoms with Gasteiger partial charge in [-0.1, -0.05) is 17.1 Å². The van der Waals surface area contributed by atoms with Gasteiger partial charge in [0.1, 0.15) is 5.52 Å². The smallest absolute Gasteiger partial charge is 0.526 e. The molecule has 0 radical (unpaired) electrons. The third-order valence-electron chi connectivity index (χ3n) is 1.47. The van der Waals surface area contributed by atoms with Crippen LogP contribution < -0.4 is 12.4 Å². The van der Waals surface area contributed by atoms with Crippen LogP contribution in [0.3, 0.4) is 0 Å². The van der Waals surface area contributed by atoms with Crippen LogP contribution in [0.4, 0.5) is 5.95 Å². The summed E-state index contributed by atoms with van der Waals surface area (Å²) < 4.78 is 0. The van der Waals surface area contributed by atoms with Crippen LogP contribution >= 0.6 is 0 Å². The molecule has 0 aliphatic rings. The average Bonchev–Trinajstić information content (AvgIpc) is 2.46. The topological polar surface area (TPSA) is 56.8 Å². The van der Waals surface area contributed by atoms with Gasteiger partial charge in [-0.2, -0.15) is 0 Å². The van der Waals surface area contributed by atoms with Crippen LogP contribution in [0.15, 0.2) is 24.3 Å². The molecule has 0 aliphatic carbocycles. The zero-order chi connectivity index (χ0) is 7.68. The number of hydrogen-bond donors (Lipinski definition) is 1. The van der Waals surface area contributed by atoms with Gasteiger partial charge in [-0.15, -0.1) is 0 Å². The van der Waals surface area contributed by atoms with Crippen molar-refractivity contribution in [2.45, 2.75) is 0 Å². The summed E-state index contributed by atoms with van der Waals surface area (Å²) in [6, 6.07) is 7.49. The minimum Gasteiger partial charge on any atom is -1.00 e. The summed E-state index contributed by atoms with van der Waals surface area (Å²) in [6.07, 6.45) is 0. The molecular weight excluding hydrogens is 176 g/mol. The Morgan fingerprint density at radius 1 is 1.33 bits per heavy atom. The first kappa shape index (κ1) is 8.50. The van der Waals surface area contributed by atoms with Gasteiger partial charge in [-0.3, -0.25) is 0 Å². The molecule has 12 heavy (non-hydrogen) atoms. The van der Waals surface area contributed by atoms with Gasteiger partial charge in [0.25, 0.3) is 0 Å². The maximum atomic E-state index is 8.37. The Bertz CT molecular complexity index is 395. The van der Waals surface area contributed by atoms with Crippen LogP contribution in [-0.4, -0.2) is 9.97 Å². The molecule has 0 saturated heterocycles. The Balaban J connectivity index is 0.000000720. The molecule has 4 nitrogen and oxygen atoms in total. The van der Waals surface area contributed by atoms with Gasteiger partial charge >= 0.3 is 5.95 Å². The van der Waals surface area contributed by atoms with Gasteiger partial charge in [-0.25, -0.2) is 4.98 Å². The number of H-pyrrole nitrogens is 1. The molecular formula is C7H5ClN4. The van der Waals surface area contributed by atoms with Crippen molar-refractivity contribution in [3.05, 3.63) is 29.2 Å². The maximum absolute atomic E-state index is 8.37. The molecule has 2 rings (SSSR count). The zero-order valence-electron chi connectivity index (χ0n) is 6.03. The number of diazo groups is 1. The number of halogens is 1. The number of hydrogen-bond acceptors (Lipinski definition) is 2. The summed E-state index contributed by atoms with van der Waals surface area (Å²) in [5, 5.41) is 8.37. The van der Waals surface area contributed by atoms with Crippen molar-refractivity contribution in [2.75, 3.05) is 0 Å². The Labute approximate surface area is 74.7 Å². The molecule has 0 aliphatic heterocycles. The lowest BCUT2D eigenvalue weighted by Crippen LogP contribution is -3.00. The Kier molecular flexibility index (Phi) is 2.26. The third kappa shape index (κ3) is 1.22. The highest BCUT2D eigenvalue weighted by atomic mass is 35.5. The molecule has 0 unspecified atom stereocenters. The van der Waals surface area contributed by atoms with E-state index in [-0.39, 0.29) is 18.4 Å². The normalized spacial score (nSPS) is 8.92. The van der Waals surface area contributed by atoms with Gasteiger partial charge in [0, 0.05) is 0 Å². The fraction of sp³-hybridized carbons (Fsp3) is 0. The van der Waals surface area contributed by atoms with E-state index in [1.54, 1.807) is 0 Å². The minimum atomic E-state index is 0. The standard InChI is InChI=1S/C7H5N4.ClH/c8-11-7-9-5-3-1-2-4-6(5)10-7;/h1-4H,(H,9,10);1H/q+1;/p-1. The van der Waals surface area contributed by atoms with Crippen molar-refractivity contribution in [3.63, 3.8) is 0 Å². The van der Waals surface area contributed by atoms with Crippen molar-refractivity contribution in [1.82, 2.24) is 9.97 Å². The predicted molar refractivity (Wildman–Crippen MR) is 40.8 cm³/mol. The number of aromatic nitrogens is 2. The van der Waals surface area contributed by atoms with E-state index in [1.165, 1.54) is 0 Å². The second-order valence-electron chi connectivity index (χ2n) is 2.18. The molecule has 2 aromatic rings. The lowest BCUT2D eigenvalue weighted by molar-refractivity contribution is -0.00000259. The molecule has 0 bridgehead atoms. The lowest BCUT2D eigenvalue weighted by atomic mass is 10.3. The van der Waals surface area contributed by atoms with E-state index in [0.29, 0.717) is 0 Å². The summed E-state index contributed by atoms with van der Waals surface area (Å²) in [7, 11) is 0. The molecule has 60 valence electrons. The van der Waals surface area contributed by atoms with Gasteiger partial charge in [0.15, 0.2) is 5.52 Å². The first-order valence-corrected chi connectivity index (χ1v) is 3.20. The van der Waals surface area contributed by atoms with Crippen molar-refractivity contribution in [1.29, 1.82) is 5.39 Å². The first-order chi connectivity index (χ1) is 5.40. The number of aromatic amines is 1. The van der Waals surface area contributed by atoms with Gasteiger partial charge in [-0.05, 0) is 17.1 Å². The highest BCUT2D eigenvalue weighted by Gasteiger charge is 2.10. The molecule has 1 aromatic carbocycles. The molecule has 0 fully saturated rings. The van der Waals surface area contributed by atoms with E-state index in [4.69, 9.17) is 5.39 Å². The van der Waals surface area contributed by atoms with Crippen LogP contribution in [0.2, 0.25) is 0 Å². The fourth-order valence-corrected chi connectivity index (χ4v) is 0.987. The quantitative estimate of drug-likeness (QED) is 0.532. The molecule has 5 heteroatoms. The Hall–Kier alpha value is -1.60. The van der Waals surface area contributed by atoms with E-state index in [2.05, 4.69) is 14.9 Å². The van der Waals surface area contributed by atoms with Gasteiger partial charge < -0.3 is 12.4 Å². The number of para-hydroxylation sites is 2. The molecule has 0 spiro atoms. The number of nitrogens with zero attached hydrogens (tertiary/aromatic N) is 3. The summed E-state index contributed by atoms with van der Waals surface area (Å²) in [4.78, 5) is 9.72. The molecule has 1 N–H and O–H groups in total. The van der Waals surface area contributed by atoms with Crippen molar-refractivity contribution < 1.29 is 12.4 Å². The Morgan fingerprint density at radius 2 is 2.08 bits per heavy atom. The van der Waals surface area contributed by atoms with Gasteiger partial charge in [0.2, 0.25) is 0 Å². The molecule has 1 heterocycles. The predicted octanol–water partition coefficient (Wildman–Crippen LogP) is -0.949. The number of benzene rings is 1. The summed E-state index contributed by atoms with van der Waals surface area (Å²) in [5.74, 6) is 0.242. The fourth-order valence-electron chi connectivity index (χ4n) is 0.987. The highest BCUT2D eigenvalue weighted by molar-refractivity contribution is 5.77. The number of nitrogens with one attached hydrogen (secondary N) is 1. The van der Waals surface area contributed by atoms with Crippen molar-refractivity contribution in [2.24, 2.45) is 0 Å². The van der Waals surface area contributed by atoms with E-state index < -0.39 is 0 Å². The van der Waals surface area contributed by atoms with E-state index >= 15 is 0 Å². The van der Waals surface area contributed by atoms with Crippen LogP contribution in [0, 0.1) is 5.39 Å². The molecule has 0 amide bonds. The highest BCUT2D eigenvalue weighted by Crippen LogP contribution is 2.14. The van der Waals surface area contributed by atoms with Gasteiger partial charge in [0.05, 0.1) is 5.39 Å². The minimum absolute atomic E-state index is 0. The summed E-state index contributed by atoms with van der Waals surface area (Å²) >= 11 is 0. The van der Waals surface area contributed by atoms with Crippen LogP contribution in [0.1, 0.15) is 0 Å². The van der Waals surface area contributed by atoms with Crippen LogP contribution in [0.25, 0.3) is 16.0 Å². The maximum Gasteiger partial charge on any atom is 0.526 e. The van der Waals surface area contributed by atoms with Crippen LogP contribution in [0.5, 0.6) is 0 Å². The SMILES string of the molecule is N#[N+]c1nc2ccccc2[nH]1.[Cl-]. The lowest BCUT2D eigenvalue weighted by Gasteiger charge is -1.75. The monoisotopic (exact) mass is 180 g/mol. The summed E-state index contributed by atoms with van der Waals surface area (Å²) in [6.45, 7) is 0. The number of rotatable bonds is 0. The van der Waals surface area contributed by atoms with E-state index in [1.807, 2.05) is 24.3 Å². The zero-order valence-corrected chi connectivity index (χ0v) is 6.78. The van der Waals surface area contributed by atoms with Crippen molar-refractivity contribution >= 4 is 17.0 Å². The second kappa shape index (κ2) is 3.20. The second-order valence-corrected chi connectivity index (χ2v) is 2.18. The van der Waals surface area contributed by atoms with Crippen LogP contribution in [-0.2, 0) is 0 Å². The first-order valence-electron chi connectivity index (χ1n) is 3.20. The van der Waals surface area contributed by atoms with Crippen molar-refractivity contribution in [3.8, 4) is 0 Å². The number of fused-ring (bicyclic) bond motifs is 1. The molecule has 0 atom stereocenters. The number of imidazole rings is 1. The molecule has 1 aromatic heterocycles. The van der Waals surface area contributed by atoms with E-state index in [0.717, 1.165) is 11.0 Å². The molecule has 0 saturated carbocycles.